The zero-order chi connectivity index (χ0) is 23.5. The molecule has 1 aromatic heterocycles. The Balaban J connectivity index is 1.76. The fourth-order valence-corrected chi connectivity index (χ4v) is 5.97. The molecule has 7 rings (SSSR count). The molecule has 0 radical (unpaired) electrons. The lowest BCUT2D eigenvalue weighted by atomic mass is 9.94. The Kier molecular flexibility index (Phi) is 4.63. The number of rotatable bonds is 2. The summed E-state index contributed by atoms with van der Waals surface area (Å²) in [5, 5.41) is 8.68. The van der Waals surface area contributed by atoms with Gasteiger partial charge in [-0.2, -0.15) is 0 Å². The van der Waals surface area contributed by atoms with E-state index in [0.717, 1.165) is 22.3 Å². The lowest BCUT2D eigenvalue weighted by Gasteiger charge is -2.12. The first-order valence-corrected chi connectivity index (χ1v) is 12.3. The number of hydrogen-bond acceptors (Lipinski definition) is 0. The second-order valence-electron chi connectivity index (χ2n) is 8.87. The van der Waals surface area contributed by atoms with Gasteiger partial charge in [-0.05, 0) is 75.1 Å². The summed E-state index contributed by atoms with van der Waals surface area (Å²) in [4.78, 5) is 0. The van der Waals surface area contributed by atoms with Crippen LogP contribution in [0.25, 0.3) is 60.2 Å². The van der Waals surface area contributed by atoms with Crippen molar-refractivity contribution in [2.75, 3.05) is 0 Å². The fourth-order valence-electron chi connectivity index (χ4n) is 5.44. The highest BCUT2D eigenvalue weighted by atomic mass is 35.5. The summed E-state index contributed by atoms with van der Waals surface area (Å²) in [6.07, 6.45) is 0. The topological polar surface area (TPSA) is 4.93 Å². The molecule has 1 nitrogen and oxygen atoms in total. The number of fused-ring (bicyclic) bond motifs is 7. The van der Waals surface area contributed by atoms with Gasteiger partial charge >= 0.3 is 0 Å². The van der Waals surface area contributed by atoms with E-state index >= 15 is 0 Å². The van der Waals surface area contributed by atoms with Gasteiger partial charge in [-0.3, -0.25) is 0 Å². The van der Waals surface area contributed by atoms with E-state index in [1.54, 1.807) is 6.07 Å². The molecule has 0 fully saturated rings. The van der Waals surface area contributed by atoms with Crippen molar-refractivity contribution in [1.29, 1.82) is 0 Å². The quantitative estimate of drug-likeness (QED) is 0.228. The van der Waals surface area contributed by atoms with Gasteiger partial charge in [0.25, 0.3) is 0 Å². The molecule has 3 heteroatoms. The standard InChI is InChI=1S/C32H19Cl2N/c33-22-16-21(17-23(34)18-22)28-19-30-32(27-13-7-6-12-26(27)28)31-25-11-5-4-8-20(25)14-15-29(31)35(30)24-9-2-1-3-10-24/h1-19H. The van der Waals surface area contributed by atoms with Crippen LogP contribution in [0, 0.1) is 0 Å². The summed E-state index contributed by atoms with van der Waals surface area (Å²) in [5.74, 6) is 0. The Morgan fingerprint density at radius 1 is 0.486 bits per heavy atom. The van der Waals surface area contributed by atoms with E-state index in [-0.39, 0.29) is 0 Å². The maximum absolute atomic E-state index is 6.44. The van der Waals surface area contributed by atoms with Gasteiger partial charge in [-0.1, -0.05) is 96.0 Å². The van der Waals surface area contributed by atoms with Crippen molar-refractivity contribution in [2.45, 2.75) is 0 Å². The molecule has 0 aliphatic rings. The molecule has 0 aliphatic carbocycles. The zero-order valence-electron chi connectivity index (χ0n) is 18.7. The Hall–Kier alpha value is -3.78. The molecule has 0 saturated carbocycles. The van der Waals surface area contributed by atoms with Crippen LogP contribution in [0.1, 0.15) is 0 Å². The molecule has 6 aromatic carbocycles. The van der Waals surface area contributed by atoms with Gasteiger partial charge < -0.3 is 4.57 Å². The molecule has 1 heterocycles. The normalized spacial score (nSPS) is 11.7. The summed E-state index contributed by atoms with van der Waals surface area (Å²) >= 11 is 12.9. The van der Waals surface area contributed by atoms with Crippen LogP contribution in [0.4, 0.5) is 0 Å². The van der Waals surface area contributed by atoms with Crippen LogP contribution in [0.3, 0.4) is 0 Å². The maximum Gasteiger partial charge on any atom is 0.0553 e. The molecule has 0 atom stereocenters. The first kappa shape index (κ1) is 20.6. The van der Waals surface area contributed by atoms with Gasteiger partial charge in [0.05, 0.1) is 11.0 Å². The van der Waals surface area contributed by atoms with Crippen molar-refractivity contribution in [1.82, 2.24) is 4.57 Å². The van der Waals surface area contributed by atoms with E-state index in [9.17, 15) is 0 Å². The monoisotopic (exact) mass is 487 g/mol. The molecule has 0 saturated heterocycles. The molecule has 0 aliphatic heterocycles. The van der Waals surface area contributed by atoms with Crippen LogP contribution >= 0.6 is 23.2 Å². The summed E-state index contributed by atoms with van der Waals surface area (Å²) in [7, 11) is 0. The third-order valence-electron chi connectivity index (χ3n) is 6.85. The minimum atomic E-state index is 0.631. The summed E-state index contributed by atoms with van der Waals surface area (Å²) in [6.45, 7) is 0. The summed E-state index contributed by atoms with van der Waals surface area (Å²) in [5.41, 5.74) is 5.61. The first-order valence-electron chi connectivity index (χ1n) is 11.6. The Bertz CT molecular complexity index is 1900. The third-order valence-corrected chi connectivity index (χ3v) is 7.29. The lowest BCUT2D eigenvalue weighted by molar-refractivity contribution is 1.18. The molecule has 7 aromatic rings. The molecular weight excluding hydrogens is 469 g/mol. The van der Waals surface area contributed by atoms with E-state index in [1.165, 1.54) is 37.8 Å². The Morgan fingerprint density at radius 3 is 1.89 bits per heavy atom. The van der Waals surface area contributed by atoms with E-state index in [1.807, 2.05) is 12.1 Å². The predicted molar refractivity (Wildman–Crippen MR) is 151 cm³/mol. The second kappa shape index (κ2) is 7.88. The smallest absolute Gasteiger partial charge is 0.0553 e. The molecule has 0 amide bonds. The highest BCUT2D eigenvalue weighted by Crippen LogP contribution is 2.44. The average molecular weight is 488 g/mol. The zero-order valence-corrected chi connectivity index (χ0v) is 20.2. The van der Waals surface area contributed by atoms with Crippen molar-refractivity contribution in [2.24, 2.45) is 0 Å². The largest absolute Gasteiger partial charge is 0.309 e. The summed E-state index contributed by atoms with van der Waals surface area (Å²) < 4.78 is 2.37. The minimum absolute atomic E-state index is 0.631. The van der Waals surface area contributed by atoms with Gasteiger partial charge in [0.2, 0.25) is 0 Å². The van der Waals surface area contributed by atoms with Gasteiger partial charge in [0, 0.05) is 26.5 Å². The molecule has 0 bridgehead atoms. The molecule has 0 spiro atoms. The predicted octanol–water partition coefficient (Wildman–Crippen LogP) is 10.1. The first-order chi connectivity index (χ1) is 17.2. The maximum atomic E-state index is 6.44. The van der Waals surface area contributed by atoms with Gasteiger partial charge in [0.15, 0.2) is 0 Å². The Morgan fingerprint density at radius 2 is 1.11 bits per heavy atom. The highest BCUT2D eigenvalue weighted by Gasteiger charge is 2.19. The second-order valence-corrected chi connectivity index (χ2v) is 9.75. The SMILES string of the molecule is Clc1cc(Cl)cc(-c2cc3c(c4ccccc24)c2c4ccccc4ccc2n3-c2ccccc2)c1. The van der Waals surface area contributed by atoms with Crippen LogP contribution < -0.4 is 0 Å². The highest BCUT2D eigenvalue weighted by molar-refractivity contribution is 6.35. The van der Waals surface area contributed by atoms with Crippen LogP contribution in [0.5, 0.6) is 0 Å². The third kappa shape index (κ3) is 3.16. The molecule has 166 valence electrons. The van der Waals surface area contributed by atoms with Gasteiger partial charge in [-0.15, -0.1) is 0 Å². The summed E-state index contributed by atoms with van der Waals surface area (Å²) in [6, 6.07) is 40.4. The van der Waals surface area contributed by atoms with E-state index < -0.39 is 0 Å². The van der Waals surface area contributed by atoms with Gasteiger partial charge in [-0.25, -0.2) is 0 Å². The van der Waals surface area contributed by atoms with Gasteiger partial charge in [0.1, 0.15) is 0 Å². The molecule has 0 N–H and O–H groups in total. The van der Waals surface area contributed by atoms with Crippen molar-refractivity contribution in [3.63, 3.8) is 0 Å². The number of hydrogen-bond donors (Lipinski definition) is 0. The average Bonchev–Trinajstić information content (AvgIpc) is 3.23. The number of aromatic nitrogens is 1. The van der Waals surface area contributed by atoms with E-state index in [4.69, 9.17) is 23.2 Å². The van der Waals surface area contributed by atoms with E-state index in [0.29, 0.717) is 10.0 Å². The fraction of sp³-hybridized carbons (Fsp3) is 0. The van der Waals surface area contributed by atoms with Crippen LogP contribution in [-0.4, -0.2) is 4.57 Å². The van der Waals surface area contributed by atoms with Crippen LogP contribution in [-0.2, 0) is 0 Å². The number of halogens is 2. The molecular formula is C32H19Cl2N. The number of benzene rings is 6. The van der Waals surface area contributed by atoms with Crippen molar-refractivity contribution in [3.8, 4) is 16.8 Å². The number of para-hydroxylation sites is 1. The van der Waals surface area contributed by atoms with Crippen LogP contribution in [0.2, 0.25) is 10.0 Å². The molecule has 35 heavy (non-hydrogen) atoms. The van der Waals surface area contributed by atoms with Crippen molar-refractivity contribution in [3.05, 3.63) is 125 Å². The minimum Gasteiger partial charge on any atom is -0.309 e. The van der Waals surface area contributed by atoms with Crippen molar-refractivity contribution < 1.29 is 0 Å². The molecule has 0 unspecified atom stereocenters. The van der Waals surface area contributed by atoms with E-state index in [2.05, 4.69) is 102 Å². The van der Waals surface area contributed by atoms with Crippen LogP contribution in [0.15, 0.2) is 115 Å². The number of nitrogens with zero attached hydrogens (tertiary/aromatic N) is 1. The Labute approximate surface area is 212 Å². The lowest BCUT2D eigenvalue weighted by Crippen LogP contribution is -1.94. The van der Waals surface area contributed by atoms with Crippen molar-refractivity contribution >= 4 is 66.6 Å².